The van der Waals surface area contributed by atoms with Crippen LogP contribution >= 0.6 is 12.4 Å². The number of nitrogens with zero attached hydrogens (tertiary/aromatic N) is 3. The first-order chi connectivity index (χ1) is 12.6. The summed E-state index contributed by atoms with van der Waals surface area (Å²) in [5.74, 6) is 0.638. The molecule has 1 saturated carbocycles. The molecule has 0 unspecified atom stereocenters. The molecular formula is C20H26ClFN4O. The molecule has 0 atom stereocenters. The van der Waals surface area contributed by atoms with Gasteiger partial charge in [0.1, 0.15) is 5.82 Å². The van der Waals surface area contributed by atoms with Gasteiger partial charge in [0, 0.05) is 19.1 Å². The summed E-state index contributed by atoms with van der Waals surface area (Å²) in [5.41, 5.74) is 2.17. The van der Waals surface area contributed by atoms with Gasteiger partial charge in [-0.2, -0.15) is 5.10 Å². The van der Waals surface area contributed by atoms with Gasteiger partial charge in [-0.15, -0.1) is 12.4 Å². The highest BCUT2D eigenvalue weighted by molar-refractivity contribution is 5.95. The van der Waals surface area contributed by atoms with Crippen LogP contribution in [0.3, 0.4) is 0 Å². The number of likely N-dealkylation sites (tertiary alicyclic amines) is 1. The monoisotopic (exact) mass is 392 g/mol. The van der Waals surface area contributed by atoms with Crippen molar-refractivity contribution < 1.29 is 9.18 Å². The van der Waals surface area contributed by atoms with Crippen LogP contribution < -0.4 is 5.32 Å². The Hall–Kier alpha value is -1.92. The molecule has 27 heavy (non-hydrogen) atoms. The van der Waals surface area contributed by atoms with E-state index in [-0.39, 0.29) is 24.1 Å². The summed E-state index contributed by atoms with van der Waals surface area (Å²) in [6.07, 6.45) is 6.36. The molecule has 1 amide bonds. The minimum absolute atomic E-state index is 0. The zero-order valence-electron chi connectivity index (χ0n) is 15.5. The lowest BCUT2D eigenvalue weighted by Crippen LogP contribution is -2.45. The van der Waals surface area contributed by atoms with Crippen molar-refractivity contribution in [2.45, 2.75) is 38.6 Å². The molecule has 2 fully saturated rings. The molecule has 1 saturated heterocycles. The van der Waals surface area contributed by atoms with E-state index in [1.54, 1.807) is 23.0 Å². The highest BCUT2D eigenvalue weighted by Gasteiger charge is 2.27. The lowest BCUT2D eigenvalue weighted by Gasteiger charge is -2.32. The van der Waals surface area contributed by atoms with Crippen LogP contribution in [0.4, 0.5) is 4.39 Å². The molecule has 0 radical (unpaired) electrons. The maximum Gasteiger partial charge on any atom is 0.257 e. The summed E-state index contributed by atoms with van der Waals surface area (Å²) in [4.78, 5) is 14.8. The Labute approximate surface area is 165 Å². The fourth-order valence-electron chi connectivity index (χ4n) is 3.57. The van der Waals surface area contributed by atoms with Gasteiger partial charge in [-0.1, -0.05) is 0 Å². The Morgan fingerprint density at radius 2 is 1.85 bits per heavy atom. The van der Waals surface area contributed by atoms with E-state index in [2.05, 4.69) is 10.4 Å². The first kappa shape index (κ1) is 19.8. The SMILES string of the molecule is Cc1c(C(=O)N2CCC(NCC3CC3)CC2)cnn1-c1ccc(F)cc1.Cl. The lowest BCUT2D eigenvalue weighted by molar-refractivity contribution is 0.0704. The molecule has 1 aliphatic heterocycles. The Morgan fingerprint density at radius 1 is 1.19 bits per heavy atom. The number of benzene rings is 1. The molecule has 0 bridgehead atoms. The zero-order chi connectivity index (χ0) is 18.1. The number of halogens is 2. The van der Waals surface area contributed by atoms with Crippen molar-refractivity contribution in [3.63, 3.8) is 0 Å². The Morgan fingerprint density at radius 3 is 2.48 bits per heavy atom. The number of piperidine rings is 1. The first-order valence-electron chi connectivity index (χ1n) is 9.45. The fourth-order valence-corrected chi connectivity index (χ4v) is 3.57. The highest BCUT2D eigenvalue weighted by atomic mass is 35.5. The van der Waals surface area contributed by atoms with Gasteiger partial charge >= 0.3 is 0 Å². The topological polar surface area (TPSA) is 50.2 Å². The van der Waals surface area contributed by atoms with Crippen LogP contribution in [-0.2, 0) is 0 Å². The molecule has 1 N–H and O–H groups in total. The van der Waals surface area contributed by atoms with Gasteiger partial charge in [-0.05, 0) is 69.3 Å². The molecule has 146 valence electrons. The van der Waals surface area contributed by atoms with Crippen LogP contribution in [0.2, 0.25) is 0 Å². The van der Waals surface area contributed by atoms with E-state index in [0.717, 1.165) is 49.8 Å². The van der Waals surface area contributed by atoms with Crippen LogP contribution in [0.15, 0.2) is 30.5 Å². The molecule has 4 rings (SSSR count). The van der Waals surface area contributed by atoms with E-state index in [1.165, 1.54) is 25.0 Å². The fraction of sp³-hybridized carbons (Fsp3) is 0.500. The summed E-state index contributed by atoms with van der Waals surface area (Å²) in [7, 11) is 0. The minimum Gasteiger partial charge on any atom is -0.338 e. The summed E-state index contributed by atoms with van der Waals surface area (Å²) >= 11 is 0. The normalized spacial score (nSPS) is 17.6. The predicted octanol–water partition coefficient (Wildman–Crippen LogP) is 3.35. The third-order valence-electron chi connectivity index (χ3n) is 5.49. The smallest absolute Gasteiger partial charge is 0.257 e. The number of carbonyl (C=O) groups excluding carboxylic acids is 1. The van der Waals surface area contributed by atoms with Gasteiger partial charge in [0.25, 0.3) is 5.91 Å². The van der Waals surface area contributed by atoms with Gasteiger partial charge in [-0.25, -0.2) is 9.07 Å². The van der Waals surface area contributed by atoms with Gasteiger partial charge in [-0.3, -0.25) is 4.79 Å². The highest BCUT2D eigenvalue weighted by Crippen LogP contribution is 2.28. The number of carbonyl (C=O) groups is 1. The third-order valence-corrected chi connectivity index (χ3v) is 5.49. The number of rotatable bonds is 5. The van der Waals surface area contributed by atoms with Crippen LogP contribution in [0.5, 0.6) is 0 Å². The Bertz CT molecular complexity index is 780. The summed E-state index contributed by atoms with van der Waals surface area (Å²) < 4.78 is 14.8. The molecule has 2 aliphatic rings. The summed E-state index contributed by atoms with van der Waals surface area (Å²) in [6, 6.07) is 6.67. The van der Waals surface area contributed by atoms with Gasteiger partial charge in [0.15, 0.2) is 0 Å². The second-order valence-corrected chi connectivity index (χ2v) is 7.45. The molecule has 5 nitrogen and oxygen atoms in total. The van der Waals surface area contributed by atoms with Crippen molar-refractivity contribution in [1.29, 1.82) is 0 Å². The van der Waals surface area contributed by atoms with E-state index >= 15 is 0 Å². The second kappa shape index (κ2) is 8.40. The predicted molar refractivity (Wildman–Crippen MR) is 105 cm³/mol. The summed E-state index contributed by atoms with van der Waals surface area (Å²) in [5, 5.41) is 7.98. The van der Waals surface area contributed by atoms with Crippen molar-refractivity contribution >= 4 is 18.3 Å². The van der Waals surface area contributed by atoms with Crippen molar-refractivity contribution in [1.82, 2.24) is 20.0 Å². The molecule has 2 heterocycles. The van der Waals surface area contributed by atoms with E-state index < -0.39 is 0 Å². The van der Waals surface area contributed by atoms with Crippen LogP contribution in [-0.4, -0.2) is 46.3 Å². The maximum absolute atomic E-state index is 13.1. The van der Waals surface area contributed by atoms with Crippen LogP contribution in [0.25, 0.3) is 5.69 Å². The Kier molecular flexibility index (Phi) is 6.17. The lowest BCUT2D eigenvalue weighted by atomic mass is 10.0. The van der Waals surface area contributed by atoms with Gasteiger partial charge < -0.3 is 10.2 Å². The average Bonchev–Trinajstić information content (AvgIpc) is 3.42. The first-order valence-corrected chi connectivity index (χ1v) is 9.45. The molecular weight excluding hydrogens is 367 g/mol. The van der Waals surface area contributed by atoms with E-state index in [4.69, 9.17) is 0 Å². The van der Waals surface area contributed by atoms with E-state index in [1.807, 2.05) is 11.8 Å². The van der Waals surface area contributed by atoms with Gasteiger partial charge in [0.2, 0.25) is 0 Å². The maximum atomic E-state index is 13.1. The summed E-state index contributed by atoms with van der Waals surface area (Å²) in [6.45, 7) is 4.57. The molecule has 1 aromatic heterocycles. The van der Waals surface area contributed by atoms with E-state index in [9.17, 15) is 9.18 Å². The standard InChI is InChI=1S/C20H25FN4O.ClH/c1-14-19(13-23-25(14)18-6-4-16(21)5-7-18)20(26)24-10-8-17(9-11-24)22-12-15-2-3-15;/h4-7,13,15,17,22H,2-3,8-12H2,1H3;1H. The third kappa shape index (κ3) is 4.50. The van der Waals surface area contributed by atoms with E-state index in [0.29, 0.717) is 11.6 Å². The van der Waals surface area contributed by atoms with Crippen molar-refractivity contribution in [2.24, 2.45) is 5.92 Å². The molecule has 1 aliphatic carbocycles. The quantitative estimate of drug-likeness (QED) is 0.848. The number of hydrogen-bond donors (Lipinski definition) is 1. The zero-order valence-corrected chi connectivity index (χ0v) is 16.3. The number of amides is 1. The molecule has 2 aromatic rings. The van der Waals surface area contributed by atoms with Crippen LogP contribution in [0, 0.1) is 18.7 Å². The number of hydrogen-bond acceptors (Lipinski definition) is 3. The second-order valence-electron chi connectivity index (χ2n) is 7.45. The van der Waals surface area contributed by atoms with Crippen molar-refractivity contribution in [3.8, 4) is 5.69 Å². The number of aromatic nitrogens is 2. The minimum atomic E-state index is -0.284. The molecule has 0 spiro atoms. The van der Waals surface area contributed by atoms with Crippen LogP contribution in [0.1, 0.15) is 41.7 Å². The molecule has 7 heteroatoms. The molecule has 1 aromatic carbocycles. The van der Waals surface area contributed by atoms with Gasteiger partial charge in [0.05, 0.1) is 23.1 Å². The van der Waals surface area contributed by atoms with Crippen molar-refractivity contribution in [3.05, 3.63) is 47.5 Å². The Balaban J connectivity index is 0.00000210. The average molecular weight is 393 g/mol. The number of nitrogens with one attached hydrogen (secondary N) is 1. The van der Waals surface area contributed by atoms with Crippen molar-refractivity contribution in [2.75, 3.05) is 19.6 Å². The largest absolute Gasteiger partial charge is 0.338 e.